The quantitative estimate of drug-likeness (QED) is 0.432. The Bertz CT molecular complexity index is 638. The van der Waals surface area contributed by atoms with Gasteiger partial charge in [-0.2, -0.15) is 0 Å². The highest BCUT2D eigenvalue weighted by molar-refractivity contribution is 14.0. The number of nitrogens with zero attached hydrogens (tertiary/aromatic N) is 3. The summed E-state index contributed by atoms with van der Waals surface area (Å²) in [5.74, 6) is 2.04. The number of hydrogen-bond donors (Lipinski definition) is 2. The number of aromatic nitrogens is 2. The van der Waals surface area contributed by atoms with Crippen LogP contribution in [0.3, 0.4) is 0 Å². The summed E-state index contributed by atoms with van der Waals surface area (Å²) in [6.45, 7) is 4.75. The van der Waals surface area contributed by atoms with Gasteiger partial charge in [0, 0.05) is 36.0 Å². The number of halogens is 1. The molecule has 126 valence electrons. The average molecular weight is 445 g/mol. The predicted octanol–water partition coefficient (Wildman–Crippen LogP) is 3.07. The molecule has 7 heteroatoms. The molecule has 3 rings (SSSR count). The third-order valence-electron chi connectivity index (χ3n) is 3.85. The van der Waals surface area contributed by atoms with Gasteiger partial charge in [0.2, 0.25) is 0 Å². The maximum Gasteiger partial charge on any atom is 0.191 e. The number of nitrogens with one attached hydrogen (secondary N) is 2. The maximum absolute atomic E-state index is 4.70. The van der Waals surface area contributed by atoms with Gasteiger partial charge in [-0.25, -0.2) is 4.98 Å². The standard InChI is InChI=1S/C16H23N5S.HI/c1-12-6-7-14(22-12)10-19-16(17-2)18-9-13-11-21-8-4-3-5-15(21)20-13;/h6-7,11H,3-5,8-10H2,1-2H3,(H2,17,18,19);1H. The van der Waals surface area contributed by atoms with Crippen LogP contribution in [0, 0.1) is 6.92 Å². The molecule has 3 heterocycles. The van der Waals surface area contributed by atoms with E-state index in [9.17, 15) is 0 Å². The lowest BCUT2D eigenvalue weighted by Crippen LogP contribution is -2.36. The molecule has 0 atom stereocenters. The summed E-state index contributed by atoms with van der Waals surface area (Å²) < 4.78 is 2.28. The number of aryl methyl sites for hydroxylation is 3. The third kappa shape index (κ3) is 4.94. The van der Waals surface area contributed by atoms with Crippen LogP contribution in [0.2, 0.25) is 0 Å². The van der Waals surface area contributed by atoms with E-state index in [1.165, 1.54) is 28.4 Å². The molecule has 0 radical (unpaired) electrons. The van der Waals surface area contributed by atoms with Gasteiger partial charge in [-0.05, 0) is 31.9 Å². The number of fused-ring (bicyclic) bond motifs is 1. The Hall–Kier alpha value is -1.09. The van der Waals surface area contributed by atoms with Gasteiger partial charge in [0.25, 0.3) is 0 Å². The van der Waals surface area contributed by atoms with Gasteiger partial charge in [-0.1, -0.05) is 0 Å². The first-order valence-corrected chi connectivity index (χ1v) is 8.61. The molecule has 0 amide bonds. The van der Waals surface area contributed by atoms with Crippen molar-refractivity contribution in [3.8, 4) is 0 Å². The van der Waals surface area contributed by atoms with Crippen molar-refractivity contribution in [1.29, 1.82) is 0 Å². The van der Waals surface area contributed by atoms with E-state index in [0.717, 1.165) is 31.2 Å². The molecule has 5 nitrogen and oxygen atoms in total. The lowest BCUT2D eigenvalue weighted by Gasteiger charge is -2.11. The van der Waals surface area contributed by atoms with Gasteiger partial charge < -0.3 is 15.2 Å². The fourth-order valence-electron chi connectivity index (χ4n) is 2.70. The molecule has 0 saturated carbocycles. The first-order chi connectivity index (χ1) is 10.7. The molecule has 23 heavy (non-hydrogen) atoms. The van der Waals surface area contributed by atoms with E-state index in [2.05, 4.69) is 45.4 Å². The molecule has 2 N–H and O–H groups in total. The number of imidazole rings is 1. The highest BCUT2D eigenvalue weighted by atomic mass is 127. The van der Waals surface area contributed by atoms with E-state index >= 15 is 0 Å². The second-order valence-corrected chi connectivity index (χ2v) is 6.96. The highest BCUT2D eigenvalue weighted by Gasteiger charge is 2.12. The van der Waals surface area contributed by atoms with Gasteiger partial charge in [-0.3, -0.25) is 4.99 Å². The molecular formula is C16H24IN5S. The minimum absolute atomic E-state index is 0. The molecule has 0 spiro atoms. The molecule has 0 aliphatic carbocycles. The largest absolute Gasteiger partial charge is 0.352 e. The lowest BCUT2D eigenvalue weighted by atomic mass is 10.2. The zero-order valence-corrected chi connectivity index (χ0v) is 16.8. The molecule has 2 aromatic rings. The molecule has 0 saturated heterocycles. The van der Waals surface area contributed by atoms with Crippen molar-refractivity contribution in [1.82, 2.24) is 20.2 Å². The first kappa shape index (κ1) is 18.3. The van der Waals surface area contributed by atoms with Crippen LogP contribution in [0.5, 0.6) is 0 Å². The summed E-state index contributed by atoms with van der Waals surface area (Å²) in [5, 5.41) is 6.69. The van der Waals surface area contributed by atoms with Crippen LogP contribution in [0.15, 0.2) is 23.3 Å². The Morgan fingerprint density at radius 2 is 2.13 bits per heavy atom. The van der Waals surface area contributed by atoms with Crippen LogP contribution < -0.4 is 10.6 Å². The normalized spacial score (nSPS) is 14.1. The SMILES string of the molecule is CN=C(NCc1cn2c(n1)CCCC2)NCc1ccc(C)s1.I. The second-order valence-electron chi connectivity index (χ2n) is 5.59. The summed E-state index contributed by atoms with van der Waals surface area (Å²) >= 11 is 1.81. The van der Waals surface area contributed by atoms with Gasteiger partial charge in [0.1, 0.15) is 5.82 Å². The van der Waals surface area contributed by atoms with E-state index < -0.39 is 0 Å². The second kappa shape index (κ2) is 8.68. The summed E-state index contributed by atoms with van der Waals surface area (Å²) in [6, 6.07) is 4.30. The average Bonchev–Trinajstić information content (AvgIpc) is 3.13. The molecule has 0 bridgehead atoms. The van der Waals surface area contributed by atoms with Crippen molar-refractivity contribution in [2.24, 2.45) is 4.99 Å². The Balaban J connectivity index is 0.00000192. The van der Waals surface area contributed by atoms with Crippen molar-refractivity contribution in [2.45, 2.75) is 45.8 Å². The smallest absolute Gasteiger partial charge is 0.191 e. The maximum atomic E-state index is 4.70. The molecule has 0 unspecified atom stereocenters. The van der Waals surface area contributed by atoms with Crippen LogP contribution in [-0.4, -0.2) is 22.6 Å². The minimum atomic E-state index is 0. The van der Waals surface area contributed by atoms with Gasteiger partial charge >= 0.3 is 0 Å². The lowest BCUT2D eigenvalue weighted by molar-refractivity contribution is 0.522. The van der Waals surface area contributed by atoms with E-state index in [1.54, 1.807) is 7.05 Å². The Morgan fingerprint density at radius 1 is 1.30 bits per heavy atom. The van der Waals surface area contributed by atoms with Crippen LogP contribution in [-0.2, 0) is 26.1 Å². The molecular weight excluding hydrogens is 421 g/mol. The van der Waals surface area contributed by atoms with Crippen molar-refractivity contribution in [3.05, 3.63) is 39.6 Å². The number of thiophene rings is 1. The van der Waals surface area contributed by atoms with Crippen molar-refractivity contribution < 1.29 is 0 Å². The van der Waals surface area contributed by atoms with E-state index in [4.69, 9.17) is 4.98 Å². The number of rotatable bonds is 4. The summed E-state index contributed by atoms with van der Waals surface area (Å²) in [7, 11) is 1.80. The van der Waals surface area contributed by atoms with Crippen LogP contribution in [0.1, 0.15) is 34.1 Å². The fourth-order valence-corrected chi connectivity index (χ4v) is 3.53. The van der Waals surface area contributed by atoms with Crippen molar-refractivity contribution in [2.75, 3.05) is 7.05 Å². The fraction of sp³-hybridized carbons (Fsp3) is 0.500. The molecule has 2 aromatic heterocycles. The van der Waals surface area contributed by atoms with E-state index in [1.807, 2.05) is 11.3 Å². The van der Waals surface area contributed by atoms with E-state index in [0.29, 0.717) is 6.54 Å². The predicted molar refractivity (Wildman–Crippen MR) is 107 cm³/mol. The van der Waals surface area contributed by atoms with Crippen molar-refractivity contribution in [3.63, 3.8) is 0 Å². The van der Waals surface area contributed by atoms with Gasteiger partial charge in [0.05, 0.1) is 18.8 Å². The third-order valence-corrected chi connectivity index (χ3v) is 4.85. The summed E-state index contributed by atoms with van der Waals surface area (Å²) in [6.07, 6.45) is 5.79. The zero-order chi connectivity index (χ0) is 15.4. The minimum Gasteiger partial charge on any atom is -0.352 e. The highest BCUT2D eigenvalue weighted by Crippen LogP contribution is 2.15. The van der Waals surface area contributed by atoms with Crippen LogP contribution in [0.25, 0.3) is 0 Å². The Morgan fingerprint density at radius 3 is 2.83 bits per heavy atom. The van der Waals surface area contributed by atoms with E-state index in [-0.39, 0.29) is 24.0 Å². The monoisotopic (exact) mass is 445 g/mol. The van der Waals surface area contributed by atoms with Crippen molar-refractivity contribution >= 4 is 41.3 Å². The van der Waals surface area contributed by atoms with Gasteiger partial charge in [0.15, 0.2) is 5.96 Å². The molecule has 1 aliphatic rings. The number of hydrogen-bond acceptors (Lipinski definition) is 3. The number of guanidine groups is 1. The van der Waals surface area contributed by atoms with Crippen LogP contribution >= 0.6 is 35.3 Å². The number of aliphatic imine (C=N–C) groups is 1. The Kier molecular flexibility index (Phi) is 6.88. The Labute approximate surface area is 158 Å². The molecule has 1 aliphatic heterocycles. The summed E-state index contributed by atoms with van der Waals surface area (Å²) in [5.41, 5.74) is 1.09. The molecule has 0 fully saturated rings. The first-order valence-electron chi connectivity index (χ1n) is 7.79. The molecule has 0 aromatic carbocycles. The zero-order valence-electron chi connectivity index (χ0n) is 13.6. The van der Waals surface area contributed by atoms with Gasteiger partial charge in [-0.15, -0.1) is 35.3 Å². The topological polar surface area (TPSA) is 54.2 Å². The summed E-state index contributed by atoms with van der Waals surface area (Å²) in [4.78, 5) is 11.6. The van der Waals surface area contributed by atoms with Crippen LogP contribution in [0.4, 0.5) is 0 Å².